The van der Waals surface area contributed by atoms with Gasteiger partial charge in [-0.15, -0.1) is 11.3 Å². The topological polar surface area (TPSA) is 37.8 Å². The van der Waals surface area contributed by atoms with Crippen molar-refractivity contribution in [2.24, 2.45) is 0 Å². The van der Waals surface area contributed by atoms with E-state index in [4.69, 9.17) is 0 Å². The van der Waals surface area contributed by atoms with E-state index in [2.05, 4.69) is 46.6 Å². The van der Waals surface area contributed by atoms with Crippen molar-refractivity contribution in [1.29, 1.82) is 0 Å². The monoisotopic (exact) mass is 247 g/mol. The zero-order valence-corrected chi connectivity index (χ0v) is 11.0. The van der Waals surface area contributed by atoms with Crippen LogP contribution >= 0.6 is 11.3 Å². The Bertz CT molecular complexity index is 466. The summed E-state index contributed by atoms with van der Waals surface area (Å²) in [5, 5.41) is 5.40. The van der Waals surface area contributed by atoms with E-state index in [9.17, 15) is 0 Å². The van der Waals surface area contributed by atoms with Gasteiger partial charge in [0, 0.05) is 12.1 Å². The molecule has 2 rings (SSSR count). The zero-order chi connectivity index (χ0) is 12.1. The van der Waals surface area contributed by atoms with Gasteiger partial charge in [0.2, 0.25) is 0 Å². The third-order valence-electron chi connectivity index (χ3n) is 2.54. The Morgan fingerprint density at radius 3 is 2.82 bits per heavy atom. The van der Waals surface area contributed by atoms with Crippen LogP contribution in [0.15, 0.2) is 23.8 Å². The maximum atomic E-state index is 4.44. The first-order chi connectivity index (χ1) is 8.36. The van der Waals surface area contributed by atoms with Crippen molar-refractivity contribution in [1.82, 2.24) is 9.97 Å². The fraction of sp³-hybridized carbons (Fsp3) is 0.385. The molecule has 17 heavy (non-hydrogen) atoms. The highest BCUT2D eigenvalue weighted by Gasteiger charge is 2.12. The predicted molar refractivity (Wildman–Crippen MR) is 73.5 cm³/mol. The van der Waals surface area contributed by atoms with Crippen molar-refractivity contribution in [3.8, 4) is 10.6 Å². The molecule has 4 heteroatoms. The smallest absolute Gasteiger partial charge is 0.133 e. The number of thiophene rings is 1. The van der Waals surface area contributed by atoms with Crippen LogP contribution in [0.5, 0.6) is 0 Å². The fourth-order valence-electron chi connectivity index (χ4n) is 1.84. The minimum atomic E-state index is 0.887. The molecule has 0 amide bonds. The van der Waals surface area contributed by atoms with Crippen molar-refractivity contribution in [2.75, 3.05) is 11.9 Å². The third kappa shape index (κ3) is 2.64. The third-order valence-corrected chi connectivity index (χ3v) is 3.42. The molecule has 0 spiro atoms. The molecule has 0 aromatic carbocycles. The number of anilines is 1. The van der Waals surface area contributed by atoms with Gasteiger partial charge in [0.1, 0.15) is 12.1 Å². The quantitative estimate of drug-likeness (QED) is 0.877. The standard InChI is InChI=1S/C13H17N3S/c1-3-6-10-12(11-7-5-8-17-11)15-9-16-13(10)14-4-2/h5,7-9H,3-4,6H2,1-2H3,(H,14,15,16). The summed E-state index contributed by atoms with van der Waals surface area (Å²) >= 11 is 1.72. The Hall–Kier alpha value is -1.42. The Balaban J connectivity index is 2.46. The van der Waals surface area contributed by atoms with Crippen LogP contribution in [0.3, 0.4) is 0 Å². The first kappa shape index (κ1) is 12.0. The number of nitrogens with zero attached hydrogens (tertiary/aromatic N) is 2. The summed E-state index contributed by atoms with van der Waals surface area (Å²) in [4.78, 5) is 10.00. The highest BCUT2D eigenvalue weighted by atomic mass is 32.1. The second-order valence-electron chi connectivity index (χ2n) is 3.81. The molecule has 0 radical (unpaired) electrons. The van der Waals surface area contributed by atoms with E-state index in [1.807, 2.05) is 0 Å². The lowest BCUT2D eigenvalue weighted by molar-refractivity contribution is 0.903. The van der Waals surface area contributed by atoms with Gasteiger partial charge in [-0.3, -0.25) is 0 Å². The SMILES string of the molecule is CCCc1c(NCC)ncnc1-c1cccs1. The molecule has 3 nitrogen and oxygen atoms in total. The molecular weight excluding hydrogens is 230 g/mol. The average Bonchev–Trinajstić information content (AvgIpc) is 2.85. The maximum absolute atomic E-state index is 4.44. The Kier molecular flexibility index (Phi) is 4.09. The van der Waals surface area contributed by atoms with Crippen molar-refractivity contribution in [3.63, 3.8) is 0 Å². The van der Waals surface area contributed by atoms with Crippen LogP contribution in [0.2, 0.25) is 0 Å². The van der Waals surface area contributed by atoms with Crippen LogP contribution in [0, 0.1) is 0 Å². The van der Waals surface area contributed by atoms with Gasteiger partial charge in [0.15, 0.2) is 0 Å². The molecule has 0 aliphatic heterocycles. The minimum absolute atomic E-state index is 0.887. The number of nitrogens with one attached hydrogen (secondary N) is 1. The largest absolute Gasteiger partial charge is 0.370 e. The molecule has 0 saturated carbocycles. The Morgan fingerprint density at radius 1 is 1.29 bits per heavy atom. The van der Waals surface area contributed by atoms with Gasteiger partial charge in [0.25, 0.3) is 0 Å². The van der Waals surface area contributed by atoms with Gasteiger partial charge >= 0.3 is 0 Å². The van der Waals surface area contributed by atoms with Crippen molar-refractivity contribution in [2.45, 2.75) is 26.7 Å². The van der Waals surface area contributed by atoms with Crippen molar-refractivity contribution >= 4 is 17.2 Å². The summed E-state index contributed by atoms with van der Waals surface area (Å²) in [5.41, 5.74) is 2.31. The predicted octanol–water partition coefficient (Wildman–Crippen LogP) is 3.59. The molecule has 1 N–H and O–H groups in total. The molecule has 0 aliphatic carbocycles. The number of hydrogen-bond donors (Lipinski definition) is 1. The van der Waals surface area contributed by atoms with Gasteiger partial charge in [-0.2, -0.15) is 0 Å². The second kappa shape index (κ2) is 5.77. The molecule has 2 heterocycles. The van der Waals surface area contributed by atoms with Gasteiger partial charge in [-0.1, -0.05) is 19.4 Å². The van der Waals surface area contributed by atoms with Crippen LogP contribution < -0.4 is 5.32 Å². The van der Waals surface area contributed by atoms with E-state index in [1.165, 1.54) is 10.4 Å². The molecule has 0 saturated heterocycles. The van der Waals surface area contributed by atoms with Gasteiger partial charge < -0.3 is 5.32 Å². The molecule has 0 bridgehead atoms. The minimum Gasteiger partial charge on any atom is -0.370 e. The van der Waals surface area contributed by atoms with Crippen LogP contribution in [0.1, 0.15) is 25.8 Å². The molecule has 0 aliphatic rings. The summed E-state index contributed by atoms with van der Waals surface area (Å²) in [6, 6.07) is 4.17. The molecule has 0 fully saturated rings. The molecule has 0 atom stereocenters. The molecule has 90 valence electrons. The number of rotatable bonds is 5. The van der Waals surface area contributed by atoms with Gasteiger partial charge in [-0.25, -0.2) is 9.97 Å². The first-order valence-electron chi connectivity index (χ1n) is 5.98. The van der Waals surface area contributed by atoms with Crippen LogP contribution in [-0.4, -0.2) is 16.5 Å². The highest BCUT2D eigenvalue weighted by molar-refractivity contribution is 7.13. The molecular formula is C13H17N3S. The lowest BCUT2D eigenvalue weighted by Gasteiger charge is -2.11. The molecule has 0 unspecified atom stereocenters. The van der Waals surface area contributed by atoms with Crippen LogP contribution in [0.25, 0.3) is 10.6 Å². The van der Waals surface area contributed by atoms with E-state index in [1.54, 1.807) is 17.7 Å². The van der Waals surface area contributed by atoms with Crippen molar-refractivity contribution in [3.05, 3.63) is 29.4 Å². The maximum Gasteiger partial charge on any atom is 0.133 e. The van der Waals surface area contributed by atoms with E-state index in [-0.39, 0.29) is 0 Å². The van der Waals surface area contributed by atoms with E-state index >= 15 is 0 Å². The van der Waals surface area contributed by atoms with Gasteiger partial charge in [0.05, 0.1) is 10.6 Å². The summed E-state index contributed by atoms with van der Waals surface area (Å²) in [6.07, 6.45) is 3.76. The first-order valence-corrected chi connectivity index (χ1v) is 6.86. The Morgan fingerprint density at radius 2 is 2.18 bits per heavy atom. The second-order valence-corrected chi connectivity index (χ2v) is 4.75. The van der Waals surface area contributed by atoms with Gasteiger partial charge in [-0.05, 0) is 24.8 Å². The summed E-state index contributed by atoms with van der Waals surface area (Å²) in [6.45, 7) is 5.15. The summed E-state index contributed by atoms with van der Waals surface area (Å²) in [5.74, 6) is 0.979. The molecule has 2 aromatic rings. The summed E-state index contributed by atoms with van der Waals surface area (Å²) < 4.78 is 0. The molecule has 2 aromatic heterocycles. The number of aromatic nitrogens is 2. The van der Waals surface area contributed by atoms with Crippen molar-refractivity contribution < 1.29 is 0 Å². The summed E-state index contributed by atoms with van der Waals surface area (Å²) in [7, 11) is 0. The highest BCUT2D eigenvalue weighted by Crippen LogP contribution is 2.29. The normalized spacial score (nSPS) is 10.5. The Labute approximate surface area is 106 Å². The van der Waals surface area contributed by atoms with E-state index in [0.717, 1.165) is 30.9 Å². The fourth-order valence-corrected chi connectivity index (χ4v) is 2.59. The number of hydrogen-bond acceptors (Lipinski definition) is 4. The van der Waals surface area contributed by atoms with Crippen LogP contribution in [-0.2, 0) is 6.42 Å². The average molecular weight is 247 g/mol. The lowest BCUT2D eigenvalue weighted by atomic mass is 10.1. The zero-order valence-electron chi connectivity index (χ0n) is 10.2. The van der Waals surface area contributed by atoms with Crippen LogP contribution in [0.4, 0.5) is 5.82 Å². The lowest BCUT2D eigenvalue weighted by Crippen LogP contribution is -2.06. The van der Waals surface area contributed by atoms with E-state index < -0.39 is 0 Å². The van der Waals surface area contributed by atoms with E-state index in [0.29, 0.717) is 0 Å².